The van der Waals surface area contributed by atoms with E-state index in [4.69, 9.17) is 9.16 Å². The number of allylic oxidation sites excluding steroid dienone is 1. The van der Waals surface area contributed by atoms with Gasteiger partial charge in [0.1, 0.15) is 5.60 Å². The van der Waals surface area contributed by atoms with E-state index in [2.05, 4.69) is 63.5 Å². The second-order valence-corrected chi connectivity index (χ2v) is 15.4. The molecule has 0 spiro atoms. The Labute approximate surface area is 185 Å². The maximum Gasteiger partial charge on any atom is 0.407 e. The van der Waals surface area contributed by atoms with Crippen LogP contribution in [0.15, 0.2) is 42.5 Å². The number of ether oxygens (including phenoxy) is 1. The van der Waals surface area contributed by atoms with Crippen molar-refractivity contribution in [2.75, 3.05) is 6.61 Å². The highest BCUT2D eigenvalue weighted by atomic mass is 28.4. The average Bonchev–Trinajstić information content (AvgIpc) is 2.58. The van der Waals surface area contributed by atoms with Crippen LogP contribution in [0.5, 0.6) is 0 Å². The molecule has 0 aromatic heterocycles. The highest BCUT2D eigenvalue weighted by Gasteiger charge is 2.37. The summed E-state index contributed by atoms with van der Waals surface area (Å²) in [5, 5.41) is 3.27. The fraction of sp³-hybridized carbons (Fsp3) is 0.640. The average molecular weight is 434 g/mol. The zero-order valence-corrected chi connectivity index (χ0v) is 21.5. The Kier molecular flexibility index (Phi) is 9.82. The number of carbonyl (C=O) groups excluding carboxylic acids is 1. The molecule has 0 aliphatic carbocycles. The van der Waals surface area contributed by atoms with Crippen molar-refractivity contribution >= 4 is 14.4 Å². The first kappa shape index (κ1) is 26.4. The van der Waals surface area contributed by atoms with Crippen LogP contribution in [0.4, 0.5) is 4.79 Å². The van der Waals surface area contributed by atoms with Gasteiger partial charge in [0.05, 0.1) is 0 Å². The molecule has 4 nitrogen and oxygen atoms in total. The van der Waals surface area contributed by atoms with Gasteiger partial charge < -0.3 is 14.5 Å². The van der Waals surface area contributed by atoms with Crippen molar-refractivity contribution in [2.45, 2.75) is 91.1 Å². The molecule has 2 atom stereocenters. The summed E-state index contributed by atoms with van der Waals surface area (Å²) in [6.07, 6.45) is 5.46. The minimum absolute atomic E-state index is 0.0357. The largest absolute Gasteiger partial charge is 0.444 e. The van der Waals surface area contributed by atoms with E-state index in [1.807, 2.05) is 45.9 Å². The molecule has 1 amide bonds. The topological polar surface area (TPSA) is 47.6 Å². The normalized spacial score (nSPS) is 15.1. The predicted octanol–water partition coefficient (Wildman–Crippen LogP) is 6.73. The van der Waals surface area contributed by atoms with Crippen LogP contribution >= 0.6 is 0 Å². The highest BCUT2D eigenvalue weighted by molar-refractivity contribution is 6.74. The third-order valence-corrected chi connectivity index (χ3v) is 10.1. The van der Waals surface area contributed by atoms with Crippen molar-refractivity contribution in [3.05, 3.63) is 48.0 Å². The van der Waals surface area contributed by atoms with E-state index in [1.165, 1.54) is 5.56 Å². The van der Waals surface area contributed by atoms with Gasteiger partial charge in [-0.25, -0.2) is 4.79 Å². The number of hydrogen-bond donors (Lipinski definition) is 1. The number of amides is 1. The SMILES string of the molecule is C/C=C/[C@@H](CO[Si](C)(C)C(C)(C)C)C[C@H](Cc1ccccc1)NC(=O)OC(C)(C)C. The van der Waals surface area contributed by atoms with Gasteiger partial charge in [0.15, 0.2) is 8.32 Å². The van der Waals surface area contributed by atoms with Gasteiger partial charge in [-0.3, -0.25) is 0 Å². The van der Waals surface area contributed by atoms with Crippen LogP contribution in [0.2, 0.25) is 18.1 Å². The zero-order valence-electron chi connectivity index (χ0n) is 20.5. The minimum Gasteiger partial charge on any atom is -0.444 e. The van der Waals surface area contributed by atoms with Crippen LogP contribution < -0.4 is 5.32 Å². The second-order valence-electron chi connectivity index (χ2n) is 10.6. The molecule has 0 aliphatic rings. The molecule has 0 radical (unpaired) electrons. The van der Waals surface area contributed by atoms with Crippen LogP contribution in [0.3, 0.4) is 0 Å². The predicted molar refractivity (Wildman–Crippen MR) is 129 cm³/mol. The summed E-state index contributed by atoms with van der Waals surface area (Å²) in [7, 11) is -1.83. The molecule has 0 fully saturated rings. The quantitative estimate of drug-likeness (QED) is 0.347. The lowest BCUT2D eigenvalue weighted by atomic mass is 9.95. The van der Waals surface area contributed by atoms with E-state index < -0.39 is 13.9 Å². The standard InChI is InChI=1S/C25H43NO3Si/c1-10-14-21(19-28-30(8,9)25(5,6)7)18-22(17-20-15-12-11-13-16-20)26-23(27)29-24(2,3)4/h10-16,21-22H,17-19H2,1-9H3,(H,26,27)/b14-10+/t21-,22+/m1/s1. The number of carbonyl (C=O) groups is 1. The van der Waals surface area contributed by atoms with Gasteiger partial charge in [-0.15, -0.1) is 0 Å². The van der Waals surface area contributed by atoms with Crippen LogP contribution in [-0.4, -0.2) is 32.7 Å². The molecule has 30 heavy (non-hydrogen) atoms. The molecule has 0 unspecified atom stereocenters. The number of benzene rings is 1. The second kappa shape index (κ2) is 11.1. The molecule has 0 saturated heterocycles. The van der Waals surface area contributed by atoms with Gasteiger partial charge in [0.25, 0.3) is 0 Å². The molecule has 1 aromatic carbocycles. The van der Waals surface area contributed by atoms with Gasteiger partial charge in [-0.1, -0.05) is 63.3 Å². The van der Waals surface area contributed by atoms with Crippen LogP contribution in [0.25, 0.3) is 0 Å². The van der Waals surface area contributed by atoms with Crippen molar-refractivity contribution in [3.63, 3.8) is 0 Å². The monoisotopic (exact) mass is 433 g/mol. The van der Waals surface area contributed by atoms with Gasteiger partial charge >= 0.3 is 6.09 Å². The van der Waals surface area contributed by atoms with Crippen molar-refractivity contribution in [1.82, 2.24) is 5.32 Å². The first-order valence-corrected chi connectivity index (χ1v) is 13.9. The Hall–Kier alpha value is -1.59. The number of hydrogen-bond acceptors (Lipinski definition) is 3. The fourth-order valence-corrected chi connectivity index (χ4v) is 4.00. The van der Waals surface area contributed by atoms with Crippen molar-refractivity contribution in [2.24, 2.45) is 5.92 Å². The van der Waals surface area contributed by atoms with Crippen molar-refractivity contribution in [1.29, 1.82) is 0 Å². The Morgan fingerprint density at radius 1 is 1.10 bits per heavy atom. The van der Waals surface area contributed by atoms with E-state index in [0.717, 1.165) is 12.8 Å². The molecule has 1 rings (SSSR count). The third-order valence-electron chi connectivity index (χ3n) is 5.56. The van der Waals surface area contributed by atoms with E-state index in [-0.39, 0.29) is 23.1 Å². The first-order chi connectivity index (χ1) is 13.7. The summed E-state index contributed by atoms with van der Waals surface area (Å²) >= 11 is 0. The summed E-state index contributed by atoms with van der Waals surface area (Å²) in [6, 6.07) is 10.2. The molecule has 5 heteroatoms. The lowest BCUT2D eigenvalue weighted by Crippen LogP contribution is -2.44. The van der Waals surface area contributed by atoms with E-state index in [0.29, 0.717) is 6.61 Å². The fourth-order valence-electron chi connectivity index (χ4n) is 2.94. The van der Waals surface area contributed by atoms with Crippen molar-refractivity contribution in [3.8, 4) is 0 Å². The van der Waals surface area contributed by atoms with E-state index in [9.17, 15) is 4.79 Å². The Morgan fingerprint density at radius 3 is 2.20 bits per heavy atom. The van der Waals surface area contributed by atoms with Crippen LogP contribution in [0, 0.1) is 5.92 Å². The third kappa shape index (κ3) is 9.94. The van der Waals surface area contributed by atoms with E-state index >= 15 is 0 Å². The summed E-state index contributed by atoms with van der Waals surface area (Å²) in [5.74, 6) is 0.229. The molecule has 1 N–H and O–H groups in total. The van der Waals surface area contributed by atoms with Gasteiger partial charge in [-0.05, 0) is 64.2 Å². The molecular formula is C25H43NO3Si. The summed E-state index contributed by atoms with van der Waals surface area (Å²) in [6.45, 7) is 19.7. The molecule has 1 aromatic rings. The van der Waals surface area contributed by atoms with Gasteiger partial charge in [0.2, 0.25) is 0 Å². The lowest BCUT2D eigenvalue weighted by molar-refractivity contribution is 0.0496. The molecule has 0 saturated carbocycles. The summed E-state index contributed by atoms with van der Waals surface area (Å²) < 4.78 is 12.0. The molecule has 0 heterocycles. The van der Waals surface area contributed by atoms with Gasteiger partial charge in [-0.2, -0.15) is 0 Å². The molecule has 0 bridgehead atoms. The van der Waals surface area contributed by atoms with Crippen molar-refractivity contribution < 1.29 is 14.0 Å². The zero-order chi connectivity index (χ0) is 23.0. The maximum atomic E-state index is 12.5. The maximum absolute atomic E-state index is 12.5. The first-order valence-electron chi connectivity index (χ1n) is 11.0. The van der Waals surface area contributed by atoms with Crippen LogP contribution in [0.1, 0.15) is 60.5 Å². The van der Waals surface area contributed by atoms with Gasteiger partial charge in [0, 0.05) is 18.6 Å². The Bertz CT molecular complexity index is 672. The molecular weight excluding hydrogens is 390 g/mol. The lowest BCUT2D eigenvalue weighted by Gasteiger charge is -2.37. The summed E-state index contributed by atoms with van der Waals surface area (Å²) in [5.41, 5.74) is 0.679. The molecule has 170 valence electrons. The summed E-state index contributed by atoms with van der Waals surface area (Å²) in [4.78, 5) is 12.5. The number of rotatable bonds is 9. The Morgan fingerprint density at radius 2 is 1.70 bits per heavy atom. The minimum atomic E-state index is -1.83. The van der Waals surface area contributed by atoms with E-state index in [1.54, 1.807) is 0 Å². The number of alkyl carbamates (subject to hydrolysis) is 1. The van der Waals surface area contributed by atoms with Crippen LogP contribution in [-0.2, 0) is 15.6 Å². The molecule has 0 aliphatic heterocycles. The smallest absolute Gasteiger partial charge is 0.407 e. The highest BCUT2D eigenvalue weighted by Crippen LogP contribution is 2.37. The Balaban J connectivity index is 2.92. The number of nitrogens with one attached hydrogen (secondary N) is 1.